The van der Waals surface area contributed by atoms with Gasteiger partial charge in [-0.05, 0) is 24.4 Å². The van der Waals surface area contributed by atoms with Gasteiger partial charge in [-0.25, -0.2) is 9.97 Å². The molecule has 2 heterocycles. The van der Waals surface area contributed by atoms with E-state index in [1.54, 1.807) is 17.1 Å². The maximum atomic E-state index is 5.94. The molecular weight excluding hydrogens is 346 g/mol. The van der Waals surface area contributed by atoms with E-state index in [1.807, 2.05) is 37.5 Å². The van der Waals surface area contributed by atoms with E-state index in [2.05, 4.69) is 25.9 Å². The molecule has 0 spiro atoms. The van der Waals surface area contributed by atoms with Crippen molar-refractivity contribution in [3.8, 4) is 22.5 Å². The van der Waals surface area contributed by atoms with Gasteiger partial charge < -0.3 is 5.73 Å². The molecule has 4 N–H and O–H groups in total. The molecule has 24 heavy (non-hydrogen) atoms. The molecule has 122 valence electrons. The van der Waals surface area contributed by atoms with Gasteiger partial charge in [0.25, 0.3) is 0 Å². The number of rotatable bonds is 4. The summed E-state index contributed by atoms with van der Waals surface area (Å²) >= 11 is 10.7. The number of halogens is 1. The Morgan fingerprint density at radius 1 is 1.21 bits per heavy atom. The minimum atomic E-state index is 0.107. The van der Waals surface area contributed by atoms with Gasteiger partial charge in [0.2, 0.25) is 0 Å². The average Bonchev–Trinajstić information content (AvgIpc) is 3.00. The standard InChI is InChI=1S/C15H14ClN7S/c1-23-8-10(6-19-23)13-14(21-22-15(17)24)18-7-12(20-13)9-2-4-11(16)5-3-9/h2-8H,1H3,(H,18,21)(H3,17,22,24). The summed E-state index contributed by atoms with van der Waals surface area (Å²) in [6, 6.07) is 7.39. The second-order valence-corrected chi connectivity index (χ2v) is 5.85. The number of hydrogen-bond acceptors (Lipinski definition) is 5. The monoisotopic (exact) mass is 359 g/mol. The van der Waals surface area contributed by atoms with E-state index in [-0.39, 0.29) is 5.11 Å². The molecule has 1 aromatic carbocycles. The maximum absolute atomic E-state index is 5.94. The van der Waals surface area contributed by atoms with Crippen molar-refractivity contribution in [1.82, 2.24) is 25.2 Å². The maximum Gasteiger partial charge on any atom is 0.182 e. The van der Waals surface area contributed by atoms with E-state index in [0.29, 0.717) is 22.2 Å². The SMILES string of the molecule is Cn1cc(-c2nc(-c3ccc(Cl)cc3)cnc2NNC(N)=S)cn1. The molecule has 0 saturated heterocycles. The van der Waals surface area contributed by atoms with Gasteiger partial charge in [-0.2, -0.15) is 5.10 Å². The summed E-state index contributed by atoms with van der Waals surface area (Å²) in [5, 5.41) is 4.95. The van der Waals surface area contributed by atoms with E-state index >= 15 is 0 Å². The Balaban J connectivity index is 2.04. The van der Waals surface area contributed by atoms with Gasteiger partial charge in [-0.1, -0.05) is 23.7 Å². The summed E-state index contributed by atoms with van der Waals surface area (Å²) < 4.78 is 1.69. The quantitative estimate of drug-likeness (QED) is 0.486. The van der Waals surface area contributed by atoms with Crippen LogP contribution >= 0.6 is 23.8 Å². The van der Waals surface area contributed by atoms with Crippen molar-refractivity contribution >= 4 is 34.7 Å². The molecule has 2 aromatic heterocycles. The Morgan fingerprint density at radius 2 is 1.96 bits per heavy atom. The van der Waals surface area contributed by atoms with E-state index in [4.69, 9.17) is 29.6 Å². The summed E-state index contributed by atoms with van der Waals surface area (Å²) in [5.41, 5.74) is 14.0. The van der Waals surface area contributed by atoms with Crippen LogP contribution < -0.4 is 16.6 Å². The second-order valence-electron chi connectivity index (χ2n) is 4.98. The van der Waals surface area contributed by atoms with Crippen LogP contribution in [-0.4, -0.2) is 24.9 Å². The third-order valence-electron chi connectivity index (χ3n) is 3.19. The lowest BCUT2D eigenvalue weighted by molar-refractivity contribution is 0.768. The number of hydrazine groups is 1. The van der Waals surface area contributed by atoms with Crippen LogP contribution in [0, 0.1) is 0 Å². The van der Waals surface area contributed by atoms with Gasteiger partial charge in [0.1, 0.15) is 5.69 Å². The molecule has 0 aliphatic rings. The van der Waals surface area contributed by atoms with Gasteiger partial charge >= 0.3 is 0 Å². The Morgan fingerprint density at radius 3 is 2.58 bits per heavy atom. The number of aromatic nitrogens is 4. The molecule has 3 aromatic rings. The Hall–Kier alpha value is -2.71. The number of aryl methyl sites for hydroxylation is 1. The summed E-state index contributed by atoms with van der Waals surface area (Å²) in [6.45, 7) is 0. The zero-order chi connectivity index (χ0) is 17.1. The first kappa shape index (κ1) is 16.2. The highest BCUT2D eigenvalue weighted by molar-refractivity contribution is 7.80. The van der Waals surface area contributed by atoms with E-state index in [9.17, 15) is 0 Å². The highest BCUT2D eigenvalue weighted by atomic mass is 35.5. The summed E-state index contributed by atoms with van der Waals surface area (Å²) in [4.78, 5) is 9.10. The molecule has 0 aliphatic heterocycles. The van der Waals surface area contributed by atoms with Crippen molar-refractivity contribution in [2.75, 3.05) is 5.43 Å². The Labute approximate surface area is 148 Å². The van der Waals surface area contributed by atoms with Crippen LogP contribution in [0.3, 0.4) is 0 Å². The van der Waals surface area contributed by atoms with Gasteiger partial charge in [0.15, 0.2) is 10.9 Å². The lowest BCUT2D eigenvalue weighted by Crippen LogP contribution is -2.34. The molecule has 9 heteroatoms. The third kappa shape index (κ3) is 3.61. The molecule has 7 nitrogen and oxygen atoms in total. The zero-order valence-electron chi connectivity index (χ0n) is 12.7. The van der Waals surface area contributed by atoms with E-state index in [0.717, 1.165) is 11.1 Å². The molecule has 0 aliphatic carbocycles. The van der Waals surface area contributed by atoms with Crippen molar-refractivity contribution in [3.63, 3.8) is 0 Å². The number of thiocarbonyl (C=S) groups is 1. The first-order chi connectivity index (χ1) is 11.5. The van der Waals surface area contributed by atoms with Crippen LogP contribution in [-0.2, 0) is 7.05 Å². The van der Waals surface area contributed by atoms with Crippen molar-refractivity contribution in [2.45, 2.75) is 0 Å². The van der Waals surface area contributed by atoms with Crippen molar-refractivity contribution in [3.05, 3.63) is 47.9 Å². The lowest BCUT2D eigenvalue weighted by atomic mass is 10.1. The summed E-state index contributed by atoms with van der Waals surface area (Å²) in [6.07, 6.45) is 5.22. The van der Waals surface area contributed by atoms with E-state index in [1.165, 1.54) is 0 Å². The zero-order valence-corrected chi connectivity index (χ0v) is 14.3. The minimum Gasteiger partial charge on any atom is -0.375 e. The molecule has 0 bridgehead atoms. The molecule has 0 radical (unpaired) electrons. The van der Waals surface area contributed by atoms with Gasteiger partial charge in [-0.3, -0.25) is 15.5 Å². The predicted molar refractivity (Wildman–Crippen MR) is 98.2 cm³/mol. The average molecular weight is 360 g/mol. The molecule has 0 fully saturated rings. The predicted octanol–water partition coefficient (Wildman–Crippen LogP) is 2.36. The largest absolute Gasteiger partial charge is 0.375 e. The van der Waals surface area contributed by atoms with Gasteiger partial charge in [0, 0.05) is 29.4 Å². The highest BCUT2D eigenvalue weighted by Gasteiger charge is 2.13. The first-order valence-corrected chi connectivity index (χ1v) is 7.75. The molecule has 0 atom stereocenters. The smallest absolute Gasteiger partial charge is 0.182 e. The van der Waals surface area contributed by atoms with Crippen LogP contribution in [0.15, 0.2) is 42.9 Å². The van der Waals surface area contributed by atoms with Crippen molar-refractivity contribution < 1.29 is 0 Å². The molecule has 0 saturated carbocycles. The summed E-state index contributed by atoms with van der Waals surface area (Å²) in [5.74, 6) is 0.494. The van der Waals surface area contributed by atoms with Crippen LogP contribution in [0.2, 0.25) is 5.02 Å². The van der Waals surface area contributed by atoms with Crippen LogP contribution in [0.4, 0.5) is 5.82 Å². The minimum absolute atomic E-state index is 0.107. The molecule has 0 amide bonds. The fourth-order valence-corrected chi connectivity index (χ4v) is 2.28. The fourth-order valence-electron chi connectivity index (χ4n) is 2.11. The van der Waals surface area contributed by atoms with Crippen LogP contribution in [0.1, 0.15) is 0 Å². The fraction of sp³-hybridized carbons (Fsp3) is 0.0667. The summed E-state index contributed by atoms with van der Waals surface area (Å²) in [7, 11) is 1.83. The topological polar surface area (TPSA) is 93.7 Å². The van der Waals surface area contributed by atoms with Gasteiger partial charge in [0.05, 0.1) is 18.1 Å². The van der Waals surface area contributed by atoms with Crippen molar-refractivity contribution in [1.29, 1.82) is 0 Å². The van der Waals surface area contributed by atoms with Crippen LogP contribution in [0.25, 0.3) is 22.5 Å². The van der Waals surface area contributed by atoms with Crippen molar-refractivity contribution in [2.24, 2.45) is 12.8 Å². The lowest BCUT2D eigenvalue weighted by Gasteiger charge is -2.12. The number of nitrogens with two attached hydrogens (primary N) is 1. The van der Waals surface area contributed by atoms with Gasteiger partial charge in [-0.15, -0.1) is 0 Å². The number of benzene rings is 1. The molecular formula is C15H14ClN7S. The Bertz CT molecular complexity index is 876. The number of nitrogens with zero attached hydrogens (tertiary/aromatic N) is 4. The third-order valence-corrected chi connectivity index (χ3v) is 3.55. The first-order valence-electron chi connectivity index (χ1n) is 6.96. The molecule has 0 unspecified atom stereocenters. The number of hydrogen-bond donors (Lipinski definition) is 3. The normalized spacial score (nSPS) is 10.4. The second kappa shape index (κ2) is 6.81. The van der Waals surface area contributed by atoms with E-state index < -0.39 is 0 Å². The Kier molecular flexibility index (Phi) is 4.59. The molecule has 3 rings (SSSR count). The highest BCUT2D eigenvalue weighted by Crippen LogP contribution is 2.27. The number of anilines is 1. The number of nitrogens with one attached hydrogen (secondary N) is 2. The van der Waals surface area contributed by atoms with Crippen LogP contribution in [0.5, 0.6) is 0 Å².